The number of amides is 4. The number of para-hydroxylation sites is 1. The molecule has 1 aromatic heterocycles. The number of hydrogen-bond donors (Lipinski definition) is 4. The van der Waals surface area contributed by atoms with E-state index in [-0.39, 0.29) is 25.7 Å². The molecular formula is C25H27N5O5. The second-order valence-electron chi connectivity index (χ2n) is 8.58. The van der Waals surface area contributed by atoms with Gasteiger partial charge in [0, 0.05) is 26.2 Å². The number of nitrogens with zero attached hydrogens (tertiary/aromatic N) is 1. The van der Waals surface area contributed by atoms with Crippen LogP contribution in [-0.2, 0) is 38.4 Å². The molecule has 1 aliphatic rings. The summed E-state index contributed by atoms with van der Waals surface area (Å²) >= 11 is 0. The second kappa shape index (κ2) is 10.4. The van der Waals surface area contributed by atoms with Crippen molar-refractivity contribution in [2.75, 3.05) is 0 Å². The molecule has 2 aromatic carbocycles. The van der Waals surface area contributed by atoms with Crippen LogP contribution in [0.5, 0.6) is 0 Å². The molecule has 5 N–H and O–H groups in total. The van der Waals surface area contributed by atoms with Gasteiger partial charge in [0.2, 0.25) is 23.6 Å². The molecular weight excluding hydrogens is 450 g/mol. The monoisotopic (exact) mass is 477 g/mol. The van der Waals surface area contributed by atoms with Crippen molar-refractivity contribution in [2.24, 2.45) is 5.73 Å². The Balaban J connectivity index is 1.73. The van der Waals surface area contributed by atoms with Gasteiger partial charge in [-0.2, -0.15) is 0 Å². The van der Waals surface area contributed by atoms with Crippen LogP contribution in [0.4, 0.5) is 0 Å². The Morgan fingerprint density at radius 2 is 1.86 bits per heavy atom. The lowest BCUT2D eigenvalue weighted by Crippen LogP contribution is -2.57. The summed E-state index contributed by atoms with van der Waals surface area (Å²) in [4.78, 5) is 55.0. The van der Waals surface area contributed by atoms with Crippen molar-refractivity contribution in [2.45, 2.75) is 50.7 Å². The van der Waals surface area contributed by atoms with Crippen molar-refractivity contribution >= 4 is 34.7 Å². The molecule has 0 aliphatic carbocycles. The first-order valence-electron chi connectivity index (χ1n) is 11.4. The number of hydrogen-bond acceptors (Lipinski definition) is 6. The lowest BCUT2D eigenvalue weighted by Gasteiger charge is -2.25. The van der Waals surface area contributed by atoms with E-state index in [0.29, 0.717) is 22.6 Å². The van der Waals surface area contributed by atoms with E-state index in [9.17, 15) is 19.2 Å². The van der Waals surface area contributed by atoms with Gasteiger partial charge >= 0.3 is 0 Å². The van der Waals surface area contributed by atoms with Crippen molar-refractivity contribution < 1.29 is 23.6 Å². The third-order valence-electron chi connectivity index (χ3n) is 5.89. The van der Waals surface area contributed by atoms with Gasteiger partial charge in [-0.1, -0.05) is 42.5 Å². The van der Waals surface area contributed by atoms with Crippen LogP contribution in [0.2, 0.25) is 0 Å². The molecule has 4 rings (SSSR count). The maximum atomic E-state index is 13.3. The number of benzene rings is 2. The minimum atomic E-state index is -0.994. The van der Waals surface area contributed by atoms with Crippen molar-refractivity contribution in [3.05, 3.63) is 65.5 Å². The van der Waals surface area contributed by atoms with E-state index in [0.717, 1.165) is 5.56 Å². The van der Waals surface area contributed by atoms with E-state index in [4.69, 9.17) is 10.2 Å². The van der Waals surface area contributed by atoms with Crippen LogP contribution in [0.3, 0.4) is 0 Å². The van der Waals surface area contributed by atoms with Gasteiger partial charge in [0.05, 0.1) is 0 Å². The summed E-state index contributed by atoms with van der Waals surface area (Å²) < 4.78 is 5.82. The number of carbonyl (C=O) groups excluding carboxylic acids is 4. The molecule has 0 radical (unpaired) electrons. The third kappa shape index (κ3) is 5.84. The van der Waals surface area contributed by atoms with Gasteiger partial charge in [0.1, 0.15) is 23.6 Å². The standard InChI is InChI=1S/C25H27N5O5/c1-14(31)27-19-13-16-8-5-9-20-22(16)30-21(35-20)11-10-17(23(26)32)28-24(33)18(29-25(19)34)12-15-6-3-2-4-7-15/h2-9,17-19H,10-13H2,1H3,(H2,26,32)(H,27,31)(H,28,33)(H,29,34)/t17-,18?,19?/m0/s1. The van der Waals surface area contributed by atoms with E-state index < -0.39 is 41.8 Å². The quantitative estimate of drug-likeness (QED) is 0.429. The maximum absolute atomic E-state index is 13.3. The highest BCUT2D eigenvalue weighted by molar-refractivity contribution is 5.94. The Hall–Kier alpha value is -4.21. The SMILES string of the molecule is CC(=O)NC1Cc2cccc3oc(nc23)CC[C@@H](C(N)=O)NC(=O)C(Cc2ccccc2)NC1=O. The van der Waals surface area contributed by atoms with Crippen LogP contribution in [0.15, 0.2) is 52.9 Å². The molecule has 2 heterocycles. The number of fused-ring (bicyclic) bond motifs is 1. The lowest BCUT2D eigenvalue weighted by atomic mass is 10.0. The van der Waals surface area contributed by atoms with Crippen LogP contribution >= 0.6 is 0 Å². The fourth-order valence-corrected chi connectivity index (χ4v) is 4.15. The predicted octanol–water partition coefficient (Wildman–Crippen LogP) is 0.519. The first kappa shape index (κ1) is 23.9. The van der Waals surface area contributed by atoms with E-state index in [1.54, 1.807) is 12.1 Å². The molecule has 35 heavy (non-hydrogen) atoms. The number of rotatable bonds is 4. The fourth-order valence-electron chi connectivity index (χ4n) is 4.15. The number of aryl methyl sites for hydroxylation is 1. The van der Waals surface area contributed by atoms with Gasteiger partial charge in [0.25, 0.3) is 0 Å². The first-order valence-corrected chi connectivity index (χ1v) is 11.4. The van der Waals surface area contributed by atoms with E-state index in [2.05, 4.69) is 20.9 Å². The highest BCUT2D eigenvalue weighted by atomic mass is 16.3. The Morgan fingerprint density at radius 3 is 2.57 bits per heavy atom. The van der Waals surface area contributed by atoms with E-state index in [1.807, 2.05) is 36.4 Å². The Morgan fingerprint density at radius 1 is 1.09 bits per heavy atom. The smallest absolute Gasteiger partial charge is 0.243 e. The van der Waals surface area contributed by atoms with Crippen LogP contribution in [0, 0.1) is 0 Å². The van der Waals surface area contributed by atoms with Gasteiger partial charge in [-0.05, 0) is 23.6 Å². The summed E-state index contributed by atoms with van der Waals surface area (Å²) in [7, 11) is 0. The lowest BCUT2D eigenvalue weighted by molar-refractivity contribution is -0.133. The minimum Gasteiger partial charge on any atom is -0.441 e. The summed E-state index contributed by atoms with van der Waals surface area (Å²) in [5.74, 6) is -1.81. The third-order valence-corrected chi connectivity index (χ3v) is 5.89. The topological polar surface area (TPSA) is 156 Å². The van der Waals surface area contributed by atoms with Gasteiger partial charge in [-0.15, -0.1) is 0 Å². The minimum absolute atomic E-state index is 0.151. The number of nitrogens with one attached hydrogen (secondary N) is 3. The van der Waals surface area contributed by atoms with Crippen molar-refractivity contribution in [3.63, 3.8) is 0 Å². The Kier molecular flexibility index (Phi) is 7.09. The molecule has 0 spiro atoms. The molecule has 3 atom stereocenters. The van der Waals surface area contributed by atoms with Gasteiger partial charge in [-0.25, -0.2) is 4.98 Å². The zero-order valence-electron chi connectivity index (χ0n) is 19.2. The number of aromatic nitrogens is 1. The molecule has 0 fully saturated rings. The zero-order chi connectivity index (χ0) is 24.9. The van der Waals surface area contributed by atoms with Crippen molar-refractivity contribution in [1.82, 2.24) is 20.9 Å². The number of carbonyl (C=O) groups is 4. The van der Waals surface area contributed by atoms with Gasteiger partial charge in [0.15, 0.2) is 11.5 Å². The average Bonchev–Trinajstić information content (AvgIpc) is 3.24. The molecule has 10 nitrogen and oxygen atoms in total. The molecule has 4 amide bonds. The molecule has 182 valence electrons. The number of oxazole rings is 1. The Bertz CT molecular complexity index is 1260. The molecule has 0 saturated heterocycles. The molecule has 0 saturated carbocycles. The van der Waals surface area contributed by atoms with Crippen molar-refractivity contribution in [3.8, 4) is 0 Å². The Labute approximate surface area is 201 Å². The summed E-state index contributed by atoms with van der Waals surface area (Å²) in [6, 6.07) is 11.6. The van der Waals surface area contributed by atoms with Crippen molar-refractivity contribution in [1.29, 1.82) is 0 Å². The van der Waals surface area contributed by atoms with Crippen LogP contribution in [-0.4, -0.2) is 46.7 Å². The highest BCUT2D eigenvalue weighted by Crippen LogP contribution is 2.22. The fraction of sp³-hybridized carbons (Fsp3) is 0.320. The summed E-state index contributed by atoms with van der Waals surface area (Å²) in [5, 5.41) is 8.08. The zero-order valence-corrected chi connectivity index (χ0v) is 19.2. The first-order chi connectivity index (χ1) is 16.8. The summed E-state index contributed by atoms with van der Waals surface area (Å²) in [6.45, 7) is 1.32. The largest absolute Gasteiger partial charge is 0.441 e. The van der Waals surface area contributed by atoms with E-state index >= 15 is 0 Å². The molecule has 10 heteroatoms. The number of primary amides is 1. The molecule has 1 aliphatic heterocycles. The van der Waals surface area contributed by atoms with E-state index in [1.165, 1.54) is 6.92 Å². The molecule has 2 unspecified atom stereocenters. The van der Waals surface area contributed by atoms with Crippen LogP contribution in [0.25, 0.3) is 11.1 Å². The highest BCUT2D eigenvalue weighted by Gasteiger charge is 2.30. The maximum Gasteiger partial charge on any atom is 0.243 e. The molecule has 3 aromatic rings. The average molecular weight is 478 g/mol. The second-order valence-corrected chi connectivity index (χ2v) is 8.58. The normalized spacial score (nSPS) is 21.1. The number of nitrogens with two attached hydrogens (primary N) is 1. The summed E-state index contributed by atoms with van der Waals surface area (Å²) in [5.41, 5.74) is 8.17. The molecule has 2 bridgehead atoms. The van der Waals surface area contributed by atoms with Crippen LogP contribution in [0.1, 0.15) is 30.4 Å². The van der Waals surface area contributed by atoms with Crippen LogP contribution < -0.4 is 21.7 Å². The predicted molar refractivity (Wildman–Crippen MR) is 127 cm³/mol. The summed E-state index contributed by atoms with van der Waals surface area (Å²) in [6.07, 6.45) is 0.794. The van der Waals surface area contributed by atoms with Gasteiger partial charge < -0.3 is 26.1 Å². The van der Waals surface area contributed by atoms with Gasteiger partial charge in [-0.3, -0.25) is 19.2 Å².